The van der Waals surface area contributed by atoms with Crippen LogP contribution in [0.5, 0.6) is 0 Å². The predicted octanol–water partition coefficient (Wildman–Crippen LogP) is 2.43. The van der Waals surface area contributed by atoms with Gasteiger partial charge in [-0.05, 0) is 23.4 Å². The largest absolute Gasteiger partial charge is 0.300 e. The van der Waals surface area contributed by atoms with Crippen molar-refractivity contribution in [2.24, 2.45) is 4.99 Å². The van der Waals surface area contributed by atoms with Crippen LogP contribution in [0.15, 0.2) is 45.7 Å². The minimum absolute atomic E-state index is 0.142. The highest BCUT2D eigenvalue weighted by Gasteiger charge is 2.23. The molecule has 94 valence electrons. The zero-order valence-electron chi connectivity index (χ0n) is 9.61. The zero-order valence-corrected chi connectivity index (χ0v) is 11.2. The van der Waals surface area contributed by atoms with Crippen molar-refractivity contribution < 1.29 is 4.79 Å². The molecule has 0 saturated carbocycles. The fourth-order valence-corrected chi connectivity index (χ4v) is 2.79. The zero-order chi connectivity index (χ0) is 13.1. The lowest BCUT2D eigenvalue weighted by Crippen LogP contribution is -2.19. The second kappa shape index (κ2) is 5.33. The molecule has 1 aliphatic heterocycles. The number of carbonyl (C=O) groups excluding carboxylic acids is 1. The summed E-state index contributed by atoms with van der Waals surface area (Å²) in [4.78, 5) is 16.6. The van der Waals surface area contributed by atoms with Crippen LogP contribution in [-0.4, -0.2) is 21.3 Å². The molecule has 7 heteroatoms. The van der Waals surface area contributed by atoms with Crippen molar-refractivity contribution in [2.75, 3.05) is 0 Å². The van der Waals surface area contributed by atoms with Gasteiger partial charge in [0.05, 0.1) is 4.91 Å². The molecule has 2 heterocycles. The molecular formula is C12H8N4OS2. The Morgan fingerprint density at radius 1 is 1.26 bits per heavy atom. The topological polar surface area (TPSA) is 67.2 Å². The maximum Gasteiger partial charge on any atom is 0.264 e. The molecule has 0 radical (unpaired) electrons. The lowest BCUT2D eigenvalue weighted by atomic mass is 10.2. The molecule has 1 aromatic heterocycles. The first kappa shape index (κ1) is 12.1. The van der Waals surface area contributed by atoms with Gasteiger partial charge in [0.2, 0.25) is 5.13 Å². The number of hydrogen-bond acceptors (Lipinski definition) is 6. The van der Waals surface area contributed by atoms with E-state index in [9.17, 15) is 4.79 Å². The van der Waals surface area contributed by atoms with E-state index < -0.39 is 0 Å². The molecule has 1 aliphatic rings. The summed E-state index contributed by atoms with van der Waals surface area (Å²) >= 11 is 2.62. The molecule has 0 unspecified atom stereocenters. The average Bonchev–Trinajstić information content (AvgIpc) is 3.02. The van der Waals surface area contributed by atoms with Gasteiger partial charge < -0.3 is 5.32 Å². The van der Waals surface area contributed by atoms with Crippen molar-refractivity contribution in [3.05, 3.63) is 46.3 Å². The number of benzene rings is 1. The van der Waals surface area contributed by atoms with Gasteiger partial charge in [-0.15, -0.1) is 10.2 Å². The second-order valence-electron chi connectivity index (χ2n) is 3.61. The van der Waals surface area contributed by atoms with Crippen LogP contribution >= 0.6 is 23.1 Å². The Hall–Kier alpha value is -1.99. The van der Waals surface area contributed by atoms with Crippen molar-refractivity contribution in [1.82, 2.24) is 15.5 Å². The van der Waals surface area contributed by atoms with Crippen molar-refractivity contribution >= 4 is 45.4 Å². The van der Waals surface area contributed by atoms with E-state index in [-0.39, 0.29) is 5.91 Å². The lowest BCUT2D eigenvalue weighted by molar-refractivity contribution is -0.115. The number of carbonyl (C=O) groups is 1. The normalized spacial score (nSPS) is 19.1. The summed E-state index contributed by atoms with van der Waals surface area (Å²) in [5.74, 6) is -0.142. The van der Waals surface area contributed by atoms with E-state index in [1.807, 2.05) is 36.4 Å². The van der Waals surface area contributed by atoms with Crippen LogP contribution < -0.4 is 5.32 Å². The summed E-state index contributed by atoms with van der Waals surface area (Å²) in [6.45, 7) is 0. The van der Waals surface area contributed by atoms with Gasteiger partial charge >= 0.3 is 0 Å². The third kappa shape index (κ3) is 2.88. The molecule has 5 nitrogen and oxygen atoms in total. The van der Waals surface area contributed by atoms with Gasteiger partial charge in [0.25, 0.3) is 5.91 Å². The van der Waals surface area contributed by atoms with Crippen LogP contribution in [0, 0.1) is 0 Å². The third-order valence-corrected chi connectivity index (χ3v) is 3.79. The van der Waals surface area contributed by atoms with E-state index in [1.54, 1.807) is 5.51 Å². The van der Waals surface area contributed by atoms with Crippen molar-refractivity contribution in [3.8, 4) is 0 Å². The minimum atomic E-state index is -0.142. The first-order valence-electron chi connectivity index (χ1n) is 5.42. The Bertz CT molecular complexity index is 650. The molecule has 1 aromatic carbocycles. The summed E-state index contributed by atoms with van der Waals surface area (Å²) in [7, 11) is 0. The molecule has 1 N–H and O–H groups in total. The number of rotatable bonds is 2. The Labute approximate surface area is 117 Å². The van der Waals surface area contributed by atoms with Gasteiger partial charge in [-0.1, -0.05) is 41.7 Å². The molecule has 0 atom stereocenters. The monoisotopic (exact) mass is 288 g/mol. The second-order valence-corrected chi connectivity index (χ2v) is 5.46. The molecular weight excluding hydrogens is 280 g/mol. The molecule has 0 bridgehead atoms. The van der Waals surface area contributed by atoms with E-state index in [0.717, 1.165) is 5.56 Å². The molecule has 19 heavy (non-hydrogen) atoms. The van der Waals surface area contributed by atoms with E-state index in [4.69, 9.17) is 0 Å². The third-order valence-electron chi connectivity index (χ3n) is 2.29. The fourth-order valence-electron chi connectivity index (χ4n) is 1.48. The predicted molar refractivity (Wildman–Crippen MR) is 77.2 cm³/mol. The summed E-state index contributed by atoms with van der Waals surface area (Å²) in [5, 5.41) is 11.3. The Balaban J connectivity index is 1.83. The molecule has 1 saturated heterocycles. The smallest absolute Gasteiger partial charge is 0.264 e. The van der Waals surface area contributed by atoms with Crippen LogP contribution in [0.4, 0.5) is 5.13 Å². The Morgan fingerprint density at radius 3 is 2.84 bits per heavy atom. The van der Waals surface area contributed by atoms with Gasteiger partial charge in [0.15, 0.2) is 5.17 Å². The standard InChI is InChI=1S/C12H8N4OS2/c17-10-9(6-8-4-2-1-3-5-8)19-11(14-10)15-12-16-13-7-18-12/h1-7H,(H,14,15,16,17). The SMILES string of the molecule is O=C1NC(=Nc2nncs2)SC1=Cc1ccccc1. The lowest BCUT2D eigenvalue weighted by Gasteiger charge is -1.93. The molecule has 1 fully saturated rings. The highest BCUT2D eigenvalue weighted by molar-refractivity contribution is 8.18. The van der Waals surface area contributed by atoms with E-state index in [1.165, 1.54) is 23.1 Å². The van der Waals surface area contributed by atoms with E-state index in [2.05, 4.69) is 20.5 Å². The van der Waals surface area contributed by atoms with Gasteiger partial charge in [0, 0.05) is 0 Å². The van der Waals surface area contributed by atoms with Crippen LogP contribution in [0.3, 0.4) is 0 Å². The molecule has 3 rings (SSSR count). The van der Waals surface area contributed by atoms with Crippen molar-refractivity contribution in [2.45, 2.75) is 0 Å². The van der Waals surface area contributed by atoms with Crippen LogP contribution in [0.1, 0.15) is 5.56 Å². The number of thioether (sulfide) groups is 1. The molecule has 2 aromatic rings. The number of nitrogens with zero attached hydrogens (tertiary/aromatic N) is 3. The molecule has 1 amide bonds. The fraction of sp³-hybridized carbons (Fsp3) is 0. The van der Waals surface area contributed by atoms with Crippen molar-refractivity contribution in [3.63, 3.8) is 0 Å². The Morgan fingerprint density at radius 2 is 2.11 bits per heavy atom. The first-order chi connectivity index (χ1) is 9.31. The van der Waals surface area contributed by atoms with Gasteiger partial charge in [0.1, 0.15) is 5.51 Å². The summed E-state index contributed by atoms with van der Waals surface area (Å²) in [6, 6.07) is 9.69. The van der Waals surface area contributed by atoms with E-state index >= 15 is 0 Å². The van der Waals surface area contributed by atoms with Crippen LogP contribution in [-0.2, 0) is 4.79 Å². The number of hydrogen-bond donors (Lipinski definition) is 1. The van der Waals surface area contributed by atoms with Crippen LogP contribution in [0.2, 0.25) is 0 Å². The first-order valence-corrected chi connectivity index (χ1v) is 7.12. The van der Waals surface area contributed by atoms with Crippen molar-refractivity contribution in [1.29, 1.82) is 0 Å². The maximum atomic E-state index is 11.8. The summed E-state index contributed by atoms with van der Waals surface area (Å²) in [6.07, 6.45) is 1.84. The summed E-state index contributed by atoms with van der Waals surface area (Å²) < 4.78 is 0. The number of aliphatic imine (C=N–C) groups is 1. The van der Waals surface area contributed by atoms with E-state index in [0.29, 0.717) is 15.2 Å². The molecule has 0 spiro atoms. The van der Waals surface area contributed by atoms with Gasteiger partial charge in [-0.25, -0.2) is 0 Å². The number of nitrogens with one attached hydrogen (secondary N) is 1. The summed E-state index contributed by atoms with van der Waals surface area (Å²) in [5.41, 5.74) is 2.58. The highest BCUT2D eigenvalue weighted by atomic mass is 32.2. The van der Waals surface area contributed by atoms with Gasteiger partial charge in [-0.2, -0.15) is 4.99 Å². The molecule has 0 aliphatic carbocycles. The quantitative estimate of drug-likeness (QED) is 0.862. The van der Waals surface area contributed by atoms with Gasteiger partial charge in [-0.3, -0.25) is 4.79 Å². The number of amides is 1. The number of aromatic nitrogens is 2. The average molecular weight is 288 g/mol. The Kier molecular flexibility index (Phi) is 3.39. The highest BCUT2D eigenvalue weighted by Crippen LogP contribution is 2.28. The number of amidine groups is 1. The minimum Gasteiger partial charge on any atom is -0.300 e. The maximum absolute atomic E-state index is 11.8. The van der Waals surface area contributed by atoms with Crippen LogP contribution in [0.25, 0.3) is 6.08 Å².